The Morgan fingerprint density at radius 2 is 1.18 bits per heavy atom. The zero-order valence-electron chi connectivity index (χ0n) is 34.2. The van der Waals surface area contributed by atoms with Crippen molar-refractivity contribution in [1.29, 1.82) is 0 Å². The molecule has 12 nitrogen and oxygen atoms in total. The maximum Gasteiger partial charge on any atom is 0.405 e. The van der Waals surface area contributed by atoms with Crippen LogP contribution in [0.15, 0.2) is 103 Å². The standard InChI is InChI=1S/C48H52N8O4/c1-30(2)42(53-48(59)60)46(57)55-24-8-12-40(55)44-49-28-38(51-44)32-16-14-31(15-17-32)34-18-19-36-27-37(21-20-35(36)26-34)39-29-50-45(52-39)41-13-9-25-56(41)47(58)43(54-22-6-7-23-54)33-10-4-3-5-11-33/h3-5,10-11,14-21,26-30,40-43,53H,6-9,12-13,22-25H2,1-2H3,(H,49,51)(H,50,52)(H,59,60)/t40-,41-,42-,43?/m0/s1. The second-order valence-electron chi connectivity index (χ2n) is 16.8. The molecule has 0 aliphatic carbocycles. The minimum Gasteiger partial charge on any atom is -0.465 e. The molecule has 4 atom stereocenters. The first-order valence-corrected chi connectivity index (χ1v) is 21.4. The number of amides is 3. The molecule has 0 radical (unpaired) electrons. The van der Waals surface area contributed by atoms with Crippen LogP contribution in [0.1, 0.15) is 87.7 Å². The highest BCUT2D eigenvalue weighted by molar-refractivity contribution is 5.91. The molecule has 3 saturated heterocycles. The van der Waals surface area contributed by atoms with Crippen molar-refractivity contribution in [2.24, 2.45) is 5.92 Å². The number of carboxylic acid groups (broad SMARTS) is 1. The topological polar surface area (TPSA) is 151 Å². The third kappa shape index (κ3) is 7.79. The summed E-state index contributed by atoms with van der Waals surface area (Å²) in [6.45, 7) is 6.88. The summed E-state index contributed by atoms with van der Waals surface area (Å²) in [7, 11) is 0. The van der Waals surface area contributed by atoms with Gasteiger partial charge in [0.2, 0.25) is 11.8 Å². The molecule has 3 aliphatic heterocycles. The number of hydrogen-bond acceptors (Lipinski definition) is 6. The zero-order chi connectivity index (χ0) is 41.3. The van der Waals surface area contributed by atoms with E-state index in [2.05, 4.69) is 103 Å². The molecule has 3 amide bonds. The van der Waals surface area contributed by atoms with E-state index >= 15 is 0 Å². The van der Waals surface area contributed by atoms with Crippen LogP contribution in [0.25, 0.3) is 44.4 Å². The number of nitrogens with zero attached hydrogens (tertiary/aromatic N) is 5. The Hall–Kier alpha value is -6.27. The zero-order valence-corrected chi connectivity index (χ0v) is 34.2. The molecule has 3 aliphatic rings. The van der Waals surface area contributed by atoms with E-state index in [0.717, 1.165) is 114 Å². The molecule has 12 heteroatoms. The van der Waals surface area contributed by atoms with Gasteiger partial charge in [-0.05, 0) is 103 Å². The predicted octanol–water partition coefficient (Wildman–Crippen LogP) is 8.74. The average molecular weight is 805 g/mol. The van der Waals surface area contributed by atoms with Gasteiger partial charge in [-0.2, -0.15) is 0 Å². The number of rotatable bonds is 11. The Balaban J connectivity index is 0.878. The third-order valence-corrected chi connectivity index (χ3v) is 12.6. The number of benzene rings is 4. The quantitative estimate of drug-likeness (QED) is 0.102. The molecule has 6 aromatic rings. The third-order valence-electron chi connectivity index (χ3n) is 12.6. The normalized spacial score (nSPS) is 19.3. The van der Waals surface area contributed by atoms with Crippen LogP contribution in [0.4, 0.5) is 4.79 Å². The number of imidazole rings is 2. The molecule has 2 aromatic heterocycles. The van der Waals surface area contributed by atoms with Gasteiger partial charge in [-0.25, -0.2) is 14.8 Å². The monoisotopic (exact) mass is 804 g/mol. The van der Waals surface area contributed by atoms with Crippen LogP contribution in [0, 0.1) is 5.92 Å². The minimum atomic E-state index is -1.20. The van der Waals surface area contributed by atoms with Gasteiger partial charge in [0.25, 0.3) is 0 Å². The fraction of sp³-hybridized carbons (Fsp3) is 0.354. The molecule has 308 valence electrons. The fourth-order valence-corrected chi connectivity index (χ4v) is 9.50. The number of hydrogen-bond donors (Lipinski definition) is 4. The van der Waals surface area contributed by atoms with Gasteiger partial charge in [0.15, 0.2) is 0 Å². The molecular formula is C48H52N8O4. The number of likely N-dealkylation sites (tertiary alicyclic amines) is 3. The SMILES string of the molecule is CC(C)[C@H](NC(=O)O)C(=O)N1CCC[C@H]1c1ncc(-c2ccc(-c3ccc4cc(-c5cnc([C@@H]6CCCN6C(=O)C(c6ccccc6)N6CCCC6)[nH]5)ccc4c3)cc2)[nH]1. The van der Waals surface area contributed by atoms with E-state index in [4.69, 9.17) is 4.98 Å². The Kier molecular flexibility index (Phi) is 11.0. The molecule has 0 bridgehead atoms. The lowest BCUT2D eigenvalue weighted by molar-refractivity contribution is -0.138. The van der Waals surface area contributed by atoms with Crippen LogP contribution in [-0.4, -0.2) is 89.9 Å². The highest BCUT2D eigenvalue weighted by Crippen LogP contribution is 2.38. The summed E-state index contributed by atoms with van der Waals surface area (Å²) < 4.78 is 0. The van der Waals surface area contributed by atoms with E-state index in [1.54, 1.807) is 11.1 Å². The summed E-state index contributed by atoms with van der Waals surface area (Å²) in [6, 6.07) is 30.2. The van der Waals surface area contributed by atoms with Crippen LogP contribution >= 0.6 is 0 Å². The first kappa shape index (κ1) is 39.2. The van der Waals surface area contributed by atoms with Gasteiger partial charge >= 0.3 is 6.09 Å². The second kappa shape index (κ2) is 16.8. The van der Waals surface area contributed by atoms with E-state index in [-0.39, 0.29) is 35.9 Å². The van der Waals surface area contributed by atoms with Gasteiger partial charge in [-0.1, -0.05) is 92.7 Å². The predicted molar refractivity (Wildman–Crippen MR) is 232 cm³/mol. The number of nitrogens with one attached hydrogen (secondary N) is 3. The van der Waals surface area contributed by atoms with Crippen LogP contribution in [0.2, 0.25) is 0 Å². The molecule has 4 N–H and O–H groups in total. The van der Waals surface area contributed by atoms with Crippen molar-refractivity contribution in [2.75, 3.05) is 26.2 Å². The van der Waals surface area contributed by atoms with Gasteiger partial charge in [0, 0.05) is 18.7 Å². The average Bonchev–Trinajstić information content (AvgIpc) is 4.12. The van der Waals surface area contributed by atoms with Crippen molar-refractivity contribution in [3.63, 3.8) is 0 Å². The first-order chi connectivity index (χ1) is 29.2. The summed E-state index contributed by atoms with van der Waals surface area (Å²) in [6.07, 6.45) is 8.19. The molecule has 3 fully saturated rings. The molecule has 0 saturated carbocycles. The summed E-state index contributed by atoms with van der Waals surface area (Å²) in [5.41, 5.74) is 7.10. The maximum atomic E-state index is 14.3. The van der Waals surface area contributed by atoms with Crippen molar-refractivity contribution in [1.82, 2.24) is 40.0 Å². The number of fused-ring (bicyclic) bond motifs is 1. The fourth-order valence-electron chi connectivity index (χ4n) is 9.50. The van der Waals surface area contributed by atoms with Crippen LogP contribution in [0.5, 0.6) is 0 Å². The van der Waals surface area contributed by atoms with E-state index in [1.807, 2.05) is 38.2 Å². The lowest BCUT2D eigenvalue weighted by Crippen LogP contribution is -2.50. The number of aromatic amines is 2. The lowest BCUT2D eigenvalue weighted by atomic mass is 9.98. The summed E-state index contributed by atoms with van der Waals surface area (Å²) in [4.78, 5) is 61.8. The van der Waals surface area contributed by atoms with Gasteiger partial charge in [0.1, 0.15) is 23.7 Å². The summed E-state index contributed by atoms with van der Waals surface area (Å²) in [5.74, 6) is 1.33. The maximum absolute atomic E-state index is 14.3. The van der Waals surface area contributed by atoms with Crippen molar-refractivity contribution in [2.45, 2.75) is 76.5 Å². The largest absolute Gasteiger partial charge is 0.465 e. The molecule has 60 heavy (non-hydrogen) atoms. The minimum absolute atomic E-state index is 0.0783. The number of H-pyrrole nitrogens is 2. The number of aromatic nitrogens is 4. The molecular weight excluding hydrogens is 753 g/mol. The summed E-state index contributed by atoms with van der Waals surface area (Å²) in [5, 5.41) is 14.0. The Labute approximate surface area is 350 Å². The van der Waals surface area contributed by atoms with Gasteiger partial charge in [-0.15, -0.1) is 0 Å². The number of carbonyl (C=O) groups is 3. The Morgan fingerprint density at radius 1 is 0.650 bits per heavy atom. The van der Waals surface area contributed by atoms with E-state index in [0.29, 0.717) is 12.4 Å². The summed E-state index contributed by atoms with van der Waals surface area (Å²) >= 11 is 0. The molecule has 5 heterocycles. The molecule has 1 unspecified atom stereocenters. The van der Waals surface area contributed by atoms with E-state index < -0.39 is 12.1 Å². The van der Waals surface area contributed by atoms with Crippen LogP contribution in [0.3, 0.4) is 0 Å². The van der Waals surface area contributed by atoms with Crippen molar-refractivity contribution in [3.8, 4) is 33.6 Å². The van der Waals surface area contributed by atoms with Gasteiger partial charge < -0.3 is 30.2 Å². The van der Waals surface area contributed by atoms with E-state index in [1.165, 1.54) is 0 Å². The highest BCUT2D eigenvalue weighted by atomic mass is 16.4. The van der Waals surface area contributed by atoms with Crippen molar-refractivity contribution >= 4 is 28.7 Å². The second-order valence-corrected chi connectivity index (χ2v) is 16.8. The van der Waals surface area contributed by atoms with Crippen molar-refractivity contribution in [3.05, 3.63) is 121 Å². The highest BCUT2D eigenvalue weighted by Gasteiger charge is 2.40. The molecule has 4 aromatic carbocycles. The van der Waals surface area contributed by atoms with Crippen LogP contribution < -0.4 is 5.32 Å². The lowest BCUT2D eigenvalue weighted by Gasteiger charge is -2.33. The van der Waals surface area contributed by atoms with Gasteiger partial charge in [0.05, 0.1) is 35.9 Å². The number of carbonyl (C=O) groups excluding carboxylic acids is 2. The van der Waals surface area contributed by atoms with Crippen LogP contribution in [-0.2, 0) is 9.59 Å². The Morgan fingerprint density at radius 3 is 1.78 bits per heavy atom. The molecule has 0 spiro atoms. The smallest absolute Gasteiger partial charge is 0.405 e. The van der Waals surface area contributed by atoms with E-state index in [9.17, 15) is 19.5 Å². The Bertz CT molecular complexity index is 2490. The van der Waals surface area contributed by atoms with Gasteiger partial charge in [-0.3, -0.25) is 14.5 Å². The van der Waals surface area contributed by atoms with Crippen molar-refractivity contribution < 1.29 is 19.5 Å². The molecule has 9 rings (SSSR count). The first-order valence-electron chi connectivity index (χ1n) is 21.4.